The van der Waals surface area contributed by atoms with E-state index in [1.165, 1.54) is 37.4 Å². The first kappa shape index (κ1) is 16.8. The number of carbonyl (C=O) groups excluding carboxylic acids is 1. The van der Waals surface area contributed by atoms with Crippen LogP contribution in [0, 0.1) is 31.6 Å². The number of carbonyl (C=O) groups is 1. The molecule has 2 aromatic rings. The molecule has 2 bridgehead atoms. The van der Waals surface area contributed by atoms with Gasteiger partial charge in [-0.05, 0) is 63.9 Å². The summed E-state index contributed by atoms with van der Waals surface area (Å²) in [5.74, 6) is 3.40. The largest absolute Gasteiger partial charge is 0.353 e. The summed E-state index contributed by atoms with van der Waals surface area (Å²) in [5, 5.41) is 8.23. The summed E-state index contributed by atoms with van der Waals surface area (Å²) in [6, 6.07) is 2.24. The standard InChI is InChI=1S/C18H25N5OS/c1-10-6-11(2)23-17(19-10)21-18(22-23)25-9-16(24)20-12(3)15-8-13-4-5-14(15)7-13/h6,12-15H,4-5,7-9H2,1-3H3,(H,20,24)/t12-,13-,14-,15-/m0/s1. The van der Waals surface area contributed by atoms with E-state index >= 15 is 0 Å². The van der Waals surface area contributed by atoms with E-state index in [0.29, 0.717) is 22.6 Å². The van der Waals surface area contributed by atoms with Crippen molar-refractivity contribution in [1.29, 1.82) is 0 Å². The highest BCUT2D eigenvalue weighted by Gasteiger charge is 2.42. The van der Waals surface area contributed by atoms with Gasteiger partial charge in [-0.3, -0.25) is 4.79 Å². The maximum absolute atomic E-state index is 12.3. The van der Waals surface area contributed by atoms with Gasteiger partial charge in [-0.1, -0.05) is 18.2 Å². The third-order valence-electron chi connectivity index (χ3n) is 5.75. The molecule has 1 N–H and O–H groups in total. The first-order valence-electron chi connectivity index (χ1n) is 9.13. The number of hydrogen-bond acceptors (Lipinski definition) is 5. The van der Waals surface area contributed by atoms with Crippen LogP contribution in [0.1, 0.15) is 44.0 Å². The van der Waals surface area contributed by atoms with Gasteiger partial charge < -0.3 is 5.32 Å². The molecule has 0 saturated heterocycles. The van der Waals surface area contributed by atoms with Gasteiger partial charge in [0.15, 0.2) is 0 Å². The SMILES string of the molecule is Cc1cc(C)n2nc(SCC(=O)N[C@@H](C)[C@@H]3C[C@H]4CC[C@H]3C4)nc2n1. The summed E-state index contributed by atoms with van der Waals surface area (Å²) >= 11 is 1.37. The van der Waals surface area contributed by atoms with Gasteiger partial charge in [-0.15, -0.1) is 5.10 Å². The van der Waals surface area contributed by atoms with Gasteiger partial charge in [0.05, 0.1) is 5.75 Å². The minimum absolute atomic E-state index is 0.0694. The van der Waals surface area contributed by atoms with Crippen molar-refractivity contribution >= 4 is 23.4 Å². The zero-order valence-corrected chi connectivity index (χ0v) is 15.8. The van der Waals surface area contributed by atoms with Crippen molar-refractivity contribution in [3.63, 3.8) is 0 Å². The van der Waals surface area contributed by atoms with Crippen LogP contribution in [0.3, 0.4) is 0 Å². The van der Waals surface area contributed by atoms with Crippen LogP contribution in [-0.4, -0.2) is 37.3 Å². The van der Waals surface area contributed by atoms with E-state index < -0.39 is 0 Å². The maximum atomic E-state index is 12.3. The van der Waals surface area contributed by atoms with Crippen molar-refractivity contribution < 1.29 is 4.79 Å². The van der Waals surface area contributed by atoms with E-state index in [1.54, 1.807) is 4.52 Å². The molecule has 2 saturated carbocycles. The van der Waals surface area contributed by atoms with Gasteiger partial charge in [0.1, 0.15) is 0 Å². The van der Waals surface area contributed by atoms with Crippen molar-refractivity contribution in [2.45, 2.75) is 57.7 Å². The second kappa shape index (κ2) is 6.59. The van der Waals surface area contributed by atoms with E-state index in [1.807, 2.05) is 19.9 Å². The van der Waals surface area contributed by atoms with Crippen molar-refractivity contribution in [1.82, 2.24) is 24.9 Å². The topological polar surface area (TPSA) is 72.2 Å². The quantitative estimate of drug-likeness (QED) is 0.831. The summed E-state index contributed by atoms with van der Waals surface area (Å²) in [4.78, 5) is 21.1. The van der Waals surface area contributed by atoms with Crippen molar-refractivity contribution in [2.75, 3.05) is 5.75 Å². The Kier molecular flexibility index (Phi) is 4.43. The highest BCUT2D eigenvalue weighted by molar-refractivity contribution is 7.99. The van der Waals surface area contributed by atoms with Crippen LogP contribution in [0.15, 0.2) is 11.2 Å². The molecule has 0 radical (unpaired) electrons. The predicted octanol–water partition coefficient (Wildman–Crippen LogP) is 2.77. The number of rotatable bonds is 5. The molecular weight excluding hydrogens is 334 g/mol. The molecule has 4 rings (SSSR count). The second-order valence-corrected chi connectivity index (χ2v) is 8.57. The minimum Gasteiger partial charge on any atom is -0.353 e. The molecular formula is C18H25N5OS. The highest BCUT2D eigenvalue weighted by Crippen LogP contribution is 2.49. The number of hydrogen-bond donors (Lipinski definition) is 1. The monoisotopic (exact) mass is 359 g/mol. The number of nitrogens with zero attached hydrogens (tertiary/aromatic N) is 4. The third-order valence-corrected chi connectivity index (χ3v) is 6.59. The lowest BCUT2D eigenvalue weighted by Crippen LogP contribution is -2.40. The Hall–Kier alpha value is -1.63. The van der Waals surface area contributed by atoms with E-state index in [9.17, 15) is 4.79 Å². The number of thioether (sulfide) groups is 1. The van der Waals surface area contributed by atoms with Gasteiger partial charge in [-0.25, -0.2) is 9.50 Å². The molecule has 0 aliphatic heterocycles. The fraction of sp³-hybridized carbons (Fsp3) is 0.667. The summed E-state index contributed by atoms with van der Waals surface area (Å²) in [6.07, 6.45) is 5.40. The third kappa shape index (κ3) is 3.38. The van der Waals surface area contributed by atoms with Crippen molar-refractivity contribution in [3.8, 4) is 0 Å². The lowest BCUT2D eigenvalue weighted by Gasteiger charge is -2.28. The Bertz CT molecular complexity index is 804. The van der Waals surface area contributed by atoms with Crippen LogP contribution < -0.4 is 5.32 Å². The summed E-state index contributed by atoms with van der Waals surface area (Å²) in [6.45, 7) is 6.08. The molecule has 2 aromatic heterocycles. The molecule has 7 heteroatoms. The molecule has 2 aliphatic carbocycles. The van der Waals surface area contributed by atoms with Gasteiger partial charge in [0.25, 0.3) is 5.78 Å². The Morgan fingerprint density at radius 1 is 1.36 bits per heavy atom. The zero-order chi connectivity index (χ0) is 17.6. The number of fused-ring (bicyclic) bond motifs is 3. The Labute approximate surface area is 152 Å². The van der Waals surface area contributed by atoms with Gasteiger partial charge >= 0.3 is 0 Å². The second-order valence-electron chi connectivity index (χ2n) is 7.63. The molecule has 6 nitrogen and oxygen atoms in total. The fourth-order valence-corrected chi connectivity index (χ4v) is 5.28. The van der Waals surface area contributed by atoms with Crippen LogP contribution in [0.25, 0.3) is 5.78 Å². The Morgan fingerprint density at radius 2 is 2.20 bits per heavy atom. The summed E-state index contributed by atoms with van der Waals surface area (Å²) in [7, 11) is 0. The van der Waals surface area contributed by atoms with Crippen LogP contribution in [0.4, 0.5) is 0 Å². The summed E-state index contributed by atoms with van der Waals surface area (Å²) < 4.78 is 1.73. The number of amides is 1. The molecule has 134 valence electrons. The minimum atomic E-state index is 0.0694. The lowest BCUT2D eigenvalue weighted by molar-refractivity contribution is -0.119. The summed E-state index contributed by atoms with van der Waals surface area (Å²) in [5.41, 5.74) is 1.92. The average molecular weight is 359 g/mol. The molecule has 0 unspecified atom stereocenters. The predicted molar refractivity (Wildman–Crippen MR) is 97.5 cm³/mol. The van der Waals surface area contributed by atoms with Gasteiger partial charge in [0.2, 0.25) is 11.1 Å². The maximum Gasteiger partial charge on any atom is 0.253 e. The smallest absolute Gasteiger partial charge is 0.253 e. The Balaban J connectivity index is 1.33. The molecule has 4 atom stereocenters. The van der Waals surface area contributed by atoms with E-state index in [0.717, 1.165) is 23.2 Å². The van der Waals surface area contributed by atoms with E-state index in [2.05, 4.69) is 27.3 Å². The van der Waals surface area contributed by atoms with E-state index in [4.69, 9.17) is 0 Å². The Morgan fingerprint density at radius 3 is 2.92 bits per heavy atom. The van der Waals surface area contributed by atoms with Crippen LogP contribution >= 0.6 is 11.8 Å². The number of aromatic nitrogens is 4. The van der Waals surface area contributed by atoms with Crippen LogP contribution in [0.2, 0.25) is 0 Å². The van der Waals surface area contributed by atoms with Gasteiger partial charge in [-0.2, -0.15) is 4.98 Å². The molecule has 2 aliphatic rings. The molecule has 0 spiro atoms. The molecule has 1 amide bonds. The first-order valence-corrected chi connectivity index (χ1v) is 10.1. The van der Waals surface area contributed by atoms with Crippen LogP contribution in [0.5, 0.6) is 0 Å². The molecule has 0 aromatic carbocycles. The van der Waals surface area contributed by atoms with Crippen molar-refractivity contribution in [3.05, 3.63) is 17.5 Å². The normalized spacial score (nSPS) is 26.3. The van der Waals surface area contributed by atoms with E-state index in [-0.39, 0.29) is 11.9 Å². The molecule has 2 heterocycles. The van der Waals surface area contributed by atoms with Gasteiger partial charge in [0, 0.05) is 17.4 Å². The van der Waals surface area contributed by atoms with Crippen molar-refractivity contribution in [2.24, 2.45) is 17.8 Å². The number of aryl methyl sites for hydroxylation is 2. The average Bonchev–Trinajstić information content (AvgIpc) is 3.27. The zero-order valence-electron chi connectivity index (χ0n) is 15.0. The molecule has 25 heavy (non-hydrogen) atoms. The van der Waals surface area contributed by atoms with Crippen LogP contribution in [-0.2, 0) is 4.79 Å². The molecule has 2 fully saturated rings. The lowest BCUT2D eigenvalue weighted by atomic mass is 9.84. The number of nitrogens with one attached hydrogen (secondary N) is 1. The first-order chi connectivity index (χ1) is 12.0. The fourth-order valence-electron chi connectivity index (χ4n) is 4.65. The highest BCUT2D eigenvalue weighted by atomic mass is 32.2.